The third-order valence-electron chi connectivity index (χ3n) is 3.36. The smallest absolute Gasteiger partial charge is 0.790 e. The first kappa shape index (κ1) is 43.1. The van der Waals surface area contributed by atoms with E-state index in [1.807, 2.05) is 0 Å². The van der Waals surface area contributed by atoms with Gasteiger partial charge < -0.3 is 38.9 Å². The van der Waals surface area contributed by atoms with Gasteiger partial charge in [-0.25, -0.2) is 9.11 Å². The van der Waals surface area contributed by atoms with Gasteiger partial charge in [-0.05, 0) is 19.8 Å². The molecule has 1 aliphatic heterocycles. The Balaban J connectivity index is -0.000000841. The van der Waals surface area contributed by atoms with Crippen LogP contribution in [-0.4, -0.2) is 27.7 Å². The maximum Gasteiger partial charge on any atom is 1.00 e. The van der Waals surface area contributed by atoms with E-state index < -0.39 is 53.7 Å². The minimum atomic E-state index is -6.07. The van der Waals surface area contributed by atoms with Gasteiger partial charge in [0, 0.05) is 11.8 Å². The molecule has 0 radical (unpaired) electrons. The molecule has 2 heterocycles. The van der Waals surface area contributed by atoms with Crippen molar-refractivity contribution in [3.8, 4) is 0 Å². The van der Waals surface area contributed by atoms with E-state index in [-0.39, 0.29) is 142 Å². The maximum absolute atomic E-state index is 11.8. The molecule has 2 rings (SSSR count). The summed E-state index contributed by atoms with van der Waals surface area (Å²) in [5.41, 5.74) is -1.08. The first-order valence-corrected chi connectivity index (χ1v) is 11.7. The molecular weight excluding hydrogens is 557 g/mol. The first-order chi connectivity index (χ1) is 12.7. The molecule has 0 amide bonds. The number of aryl methyl sites for hydroxylation is 1. The van der Waals surface area contributed by atoms with Crippen LogP contribution in [0.4, 0.5) is 0 Å². The molecule has 1 aliphatic rings. The summed E-state index contributed by atoms with van der Waals surface area (Å²) < 4.78 is 50.0. The topological polar surface area (TPSA) is 267 Å². The van der Waals surface area contributed by atoms with E-state index in [0.29, 0.717) is 0 Å². The minimum Gasteiger partial charge on any atom is -0.790 e. The van der Waals surface area contributed by atoms with E-state index >= 15 is 0 Å². The Hall–Kier alpha value is 3.01. The number of hydrogen-bond donors (Lipinski definition) is 1. The van der Waals surface area contributed by atoms with Crippen LogP contribution in [0.25, 0.3) is 0 Å². The Morgan fingerprint density at radius 2 is 1.58 bits per heavy atom. The molecule has 0 aliphatic carbocycles. The van der Waals surface area contributed by atoms with Crippen LogP contribution >= 0.6 is 23.5 Å². The number of ether oxygens (including phenoxy) is 1. The number of rotatable bonds is 8. The van der Waals surface area contributed by atoms with Crippen LogP contribution in [0.1, 0.15) is 24.6 Å². The number of phosphoric ester groups is 1. The fourth-order valence-corrected chi connectivity index (χ4v) is 5.16. The molecule has 23 heteroatoms. The largest absolute Gasteiger partial charge is 1.00 e. The van der Waals surface area contributed by atoms with Crippen LogP contribution < -0.4 is 149 Å². The van der Waals surface area contributed by atoms with Crippen molar-refractivity contribution in [2.75, 3.05) is 6.61 Å². The molecule has 1 aromatic heterocycles. The Morgan fingerprint density at radius 1 is 1.03 bits per heavy atom. The quantitative estimate of drug-likeness (QED) is 0.224. The second-order valence-electron chi connectivity index (χ2n) is 5.57. The number of aromatic nitrogens is 2. The summed E-state index contributed by atoms with van der Waals surface area (Å²) in [6.45, 7) is 0.724. The normalized spacial score (nSPS) is 20.9. The SMILES string of the molecule is Cc1cn([C@H]2CC[C@@H](COP(=O)([O-])OP(=O)([O-])OP(=O)([O-])[O-])O2)c(=O)[nH]c1=O.O.[Na+].[Na+].[Na+].[Na+]. The van der Waals surface area contributed by atoms with Crippen molar-refractivity contribution in [1.29, 1.82) is 0 Å². The minimum absolute atomic E-state index is 0. The van der Waals surface area contributed by atoms with Crippen molar-refractivity contribution < 1.29 is 175 Å². The van der Waals surface area contributed by atoms with Gasteiger partial charge in [0.1, 0.15) is 6.23 Å². The van der Waals surface area contributed by atoms with E-state index in [9.17, 15) is 42.9 Å². The molecule has 4 atom stereocenters. The average Bonchev–Trinajstić information content (AvgIpc) is 2.94. The zero-order chi connectivity index (χ0) is 21.3. The predicted molar refractivity (Wildman–Crippen MR) is 83.8 cm³/mol. The van der Waals surface area contributed by atoms with E-state index in [2.05, 4.69) is 18.1 Å². The summed E-state index contributed by atoms with van der Waals surface area (Å²) in [5.74, 6) is 0. The Labute approximate surface area is 275 Å². The van der Waals surface area contributed by atoms with Gasteiger partial charge in [0.2, 0.25) is 0 Å². The molecule has 0 spiro atoms. The van der Waals surface area contributed by atoms with Crippen LogP contribution in [0.2, 0.25) is 0 Å². The van der Waals surface area contributed by atoms with Crippen molar-refractivity contribution in [1.82, 2.24) is 9.55 Å². The number of aromatic amines is 1. The van der Waals surface area contributed by atoms with Gasteiger partial charge in [0.15, 0.2) is 0 Å². The van der Waals surface area contributed by atoms with Gasteiger partial charge in [-0.3, -0.25) is 27.8 Å². The third kappa shape index (κ3) is 15.3. The standard InChI is InChI=1S/C10H17N2O13P3.4Na.H2O/c1-6-4-12(10(14)11-9(6)13)8-3-2-7(23-8)5-22-27(18,19)25-28(20,21)24-26(15,16)17;;;;;/h4,7-8H,2-3,5H2,1H3,(H,18,19)(H,20,21)(H,11,13,14)(H2,15,16,17);;;;;1H2/q;4*+1;/p-4/t7-,8+;;;;;/m0...../s1. The van der Waals surface area contributed by atoms with Crippen LogP contribution in [0.15, 0.2) is 15.8 Å². The molecule has 1 fully saturated rings. The molecule has 0 saturated carbocycles. The molecule has 0 bridgehead atoms. The Kier molecular flexibility index (Phi) is 22.9. The van der Waals surface area contributed by atoms with Gasteiger partial charge in [-0.2, -0.15) is 0 Å². The van der Waals surface area contributed by atoms with E-state index in [4.69, 9.17) is 4.74 Å². The van der Waals surface area contributed by atoms with E-state index in [0.717, 1.165) is 4.57 Å². The number of nitrogens with zero attached hydrogens (tertiary/aromatic N) is 1. The summed E-state index contributed by atoms with van der Waals surface area (Å²) >= 11 is 0. The molecule has 168 valence electrons. The monoisotopic (exact) mass is 572 g/mol. The maximum atomic E-state index is 11.8. The van der Waals surface area contributed by atoms with Gasteiger partial charge in [-0.1, -0.05) is 0 Å². The second kappa shape index (κ2) is 17.6. The number of nitrogens with one attached hydrogen (secondary N) is 1. The Morgan fingerprint density at radius 3 is 2.09 bits per heavy atom. The molecular formula is C10H15N2Na4O14P3. The van der Waals surface area contributed by atoms with Crippen LogP contribution in [0.5, 0.6) is 0 Å². The Bertz CT molecular complexity index is 998. The molecule has 2 unspecified atom stereocenters. The molecule has 0 aromatic carbocycles. The second-order valence-corrected chi connectivity index (χ2v) is 9.82. The van der Waals surface area contributed by atoms with Crippen molar-refractivity contribution >= 4 is 23.5 Å². The van der Waals surface area contributed by atoms with Crippen molar-refractivity contribution in [2.24, 2.45) is 0 Å². The fraction of sp³-hybridized carbons (Fsp3) is 0.600. The molecule has 16 nitrogen and oxygen atoms in total. The summed E-state index contributed by atoms with van der Waals surface area (Å²) in [4.78, 5) is 68.2. The third-order valence-corrected chi connectivity index (χ3v) is 7.03. The summed E-state index contributed by atoms with van der Waals surface area (Å²) in [5, 5.41) is 0. The molecule has 33 heavy (non-hydrogen) atoms. The number of H-pyrrole nitrogens is 1. The van der Waals surface area contributed by atoms with Gasteiger partial charge in [0.25, 0.3) is 21.2 Å². The zero-order valence-electron chi connectivity index (χ0n) is 18.4. The van der Waals surface area contributed by atoms with Crippen molar-refractivity contribution in [2.45, 2.75) is 32.1 Å². The fourth-order valence-electron chi connectivity index (χ4n) is 2.27. The average molecular weight is 572 g/mol. The predicted octanol–water partition coefficient (Wildman–Crippen LogP) is -15.5. The van der Waals surface area contributed by atoms with Gasteiger partial charge in [-0.15, -0.1) is 0 Å². The first-order valence-electron chi connectivity index (χ1n) is 7.36. The summed E-state index contributed by atoms with van der Waals surface area (Å²) in [6, 6.07) is 0. The zero-order valence-corrected chi connectivity index (χ0v) is 29.1. The molecule has 1 saturated heterocycles. The van der Waals surface area contributed by atoms with Crippen molar-refractivity contribution in [3.63, 3.8) is 0 Å². The van der Waals surface area contributed by atoms with Gasteiger partial charge >= 0.3 is 124 Å². The van der Waals surface area contributed by atoms with Crippen LogP contribution in [0.3, 0.4) is 0 Å². The number of hydrogen-bond acceptors (Lipinski definition) is 13. The molecule has 3 N–H and O–H groups in total. The number of phosphoric acid groups is 3. The summed E-state index contributed by atoms with van der Waals surface area (Å²) in [6.07, 6.45) is -0.0677. The van der Waals surface area contributed by atoms with Gasteiger partial charge in [0.05, 0.1) is 20.5 Å². The van der Waals surface area contributed by atoms with Crippen LogP contribution in [0, 0.1) is 6.92 Å². The van der Waals surface area contributed by atoms with Crippen molar-refractivity contribution in [3.05, 3.63) is 32.6 Å². The summed E-state index contributed by atoms with van der Waals surface area (Å²) in [7, 11) is -17.7. The molecule has 1 aromatic rings. The van der Waals surface area contributed by atoms with Crippen LogP contribution in [-0.2, 0) is 31.6 Å². The van der Waals surface area contributed by atoms with E-state index in [1.165, 1.54) is 13.1 Å². The van der Waals surface area contributed by atoms with E-state index in [1.54, 1.807) is 0 Å².